The predicted octanol–water partition coefficient (Wildman–Crippen LogP) is 7.69. The highest BCUT2D eigenvalue weighted by molar-refractivity contribution is 8.18. The Morgan fingerprint density at radius 3 is 2.36 bits per heavy atom. The van der Waals surface area contributed by atoms with Crippen LogP contribution in [0.4, 0.5) is 10.1 Å². The fourth-order valence-electron chi connectivity index (χ4n) is 4.21. The van der Waals surface area contributed by atoms with Crippen molar-refractivity contribution in [3.63, 3.8) is 0 Å². The molecule has 7 heteroatoms. The smallest absolute Gasteiger partial charge is 0.267 e. The Balaban J connectivity index is 1.53. The van der Waals surface area contributed by atoms with E-state index in [4.69, 9.17) is 16.6 Å². The first-order chi connectivity index (χ1) is 17.4. The normalized spacial score (nSPS) is 15.9. The second-order valence-corrected chi connectivity index (χ2v) is 9.89. The van der Waals surface area contributed by atoms with E-state index in [1.807, 2.05) is 91.2 Å². The molecule has 36 heavy (non-hydrogen) atoms. The summed E-state index contributed by atoms with van der Waals surface area (Å²) >= 11 is 7.40. The van der Waals surface area contributed by atoms with Crippen molar-refractivity contribution in [2.24, 2.45) is 4.99 Å². The summed E-state index contributed by atoms with van der Waals surface area (Å²) in [6, 6.07) is 26.2. The van der Waals surface area contributed by atoms with E-state index >= 15 is 0 Å². The van der Waals surface area contributed by atoms with Gasteiger partial charge in [-0.2, -0.15) is 0 Å². The minimum absolute atomic E-state index is 0.0692. The van der Waals surface area contributed by atoms with Crippen LogP contribution in [0.2, 0.25) is 5.02 Å². The zero-order valence-electron chi connectivity index (χ0n) is 19.8. The summed E-state index contributed by atoms with van der Waals surface area (Å²) in [5, 5.41) is 0.708. The quantitative estimate of drug-likeness (QED) is 0.255. The van der Waals surface area contributed by atoms with Gasteiger partial charge in [-0.3, -0.25) is 9.69 Å². The molecule has 3 aromatic carbocycles. The van der Waals surface area contributed by atoms with E-state index in [9.17, 15) is 9.18 Å². The number of aryl methyl sites for hydroxylation is 1. The number of benzene rings is 3. The molecule has 1 saturated heterocycles. The molecule has 4 nitrogen and oxygen atoms in total. The molecule has 0 unspecified atom stereocenters. The Labute approximate surface area is 218 Å². The number of rotatable bonds is 5. The molecule has 1 aliphatic heterocycles. The monoisotopic (exact) mass is 515 g/mol. The number of carbonyl (C=O) groups is 1. The van der Waals surface area contributed by atoms with Crippen LogP contribution in [0, 0.1) is 19.7 Å². The van der Waals surface area contributed by atoms with Gasteiger partial charge >= 0.3 is 0 Å². The third-order valence-corrected chi connectivity index (χ3v) is 7.27. The molecule has 1 aliphatic rings. The number of para-hydroxylation sites is 1. The molecule has 2 heterocycles. The van der Waals surface area contributed by atoms with Crippen LogP contribution in [0.15, 0.2) is 94.8 Å². The zero-order chi connectivity index (χ0) is 25.2. The Morgan fingerprint density at radius 1 is 0.972 bits per heavy atom. The van der Waals surface area contributed by atoms with Gasteiger partial charge < -0.3 is 4.57 Å². The van der Waals surface area contributed by atoms with Gasteiger partial charge in [0.15, 0.2) is 5.17 Å². The largest absolute Gasteiger partial charge is 0.318 e. The van der Waals surface area contributed by atoms with Crippen molar-refractivity contribution < 1.29 is 9.18 Å². The number of nitrogens with zero attached hydrogens (tertiary/aromatic N) is 3. The lowest BCUT2D eigenvalue weighted by Crippen LogP contribution is -2.28. The molecule has 1 fully saturated rings. The maximum Gasteiger partial charge on any atom is 0.267 e. The summed E-state index contributed by atoms with van der Waals surface area (Å²) in [6.07, 6.45) is 1.91. The third-order valence-electron chi connectivity index (χ3n) is 5.97. The van der Waals surface area contributed by atoms with Crippen LogP contribution in [0.5, 0.6) is 0 Å². The average Bonchev–Trinajstić information content (AvgIpc) is 3.32. The summed E-state index contributed by atoms with van der Waals surface area (Å²) in [6.45, 7) is 4.38. The molecule has 0 spiro atoms. The van der Waals surface area contributed by atoms with Crippen molar-refractivity contribution in [2.75, 3.05) is 0 Å². The average molecular weight is 516 g/mol. The number of amidine groups is 1. The van der Waals surface area contributed by atoms with Crippen LogP contribution in [-0.4, -0.2) is 20.5 Å². The number of amides is 1. The molecule has 0 radical (unpaired) electrons. The number of halogens is 2. The van der Waals surface area contributed by atoms with Crippen LogP contribution in [0.25, 0.3) is 11.8 Å². The Morgan fingerprint density at radius 2 is 1.67 bits per heavy atom. The van der Waals surface area contributed by atoms with Gasteiger partial charge in [-0.15, -0.1) is 0 Å². The Hall–Kier alpha value is -3.61. The van der Waals surface area contributed by atoms with Crippen molar-refractivity contribution >= 4 is 46.2 Å². The van der Waals surface area contributed by atoms with E-state index in [0.29, 0.717) is 16.6 Å². The molecule has 4 aromatic rings. The second kappa shape index (κ2) is 10.2. The van der Waals surface area contributed by atoms with Gasteiger partial charge in [-0.25, -0.2) is 9.38 Å². The number of aliphatic imine (C=N–C) groups is 1. The van der Waals surface area contributed by atoms with Crippen molar-refractivity contribution in [3.05, 3.63) is 123 Å². The lowest BCUT2D eigenvalue weighted by atomic mass is 10.2. The fraction of sp³-hybridized carbons (Fsp3) is 0.103. The summed E-state index contributed by atoms with van der Waals surface area (Å²) in [5.41, 5.74) is 5.38. The van der Waals surface area contributed by atoms with Crippen LogP contribution < -0.4 is 0 Å². The SMILES string of the molecule is Cc1cc(/C=C2\SC(=Nc3ccccc3)N(Cc3ccccc3)C2=O)c(C)n1-c1ccc(F)c(Cl)c1. The van der Waals surface area contributed by atoms with E-state index in [2.05, 4.69) is 0 Å². The standard InChI is InChI=1S/C29H23ClFN3OS/c1-19-15-22(20(2)34(19)24-13-14-26(31)25(30)17-24)16-27-28(35)33(18-21-9-5-3-6-10-21)29(36-27)32-23-11-7-4-8-12-23/h3-17H,18H2,1-2H3/b27-16-,32-29?. The third kappa shape index (κ3) is 4.87. The highest BCUT2D eigenvalue weighted by Gasteiger charge is 2.33. The number of carbonyl (C=O) groups excluding carboxylic acids is 1. The van der Waals surface area contributed by atoms with Gasteiger partial charge in [0.2, 0.25) is 0 Å². The van der Waals surface area contributed by atoms with Gasteiger partial charge in [-0.05, 0) is 79.2 Å². The molecule has 0 aliphatic carbocycles. The van der Waals surface area contributed by atoms with Crippen LogP contribution in [0.3, 0.4) is 0 Å². The summed E-state index contributed by atoms with van der Waals surface area (Å²) in [4.78, 5) is 20.7. The number of aromatic nitrogens is 1. The Bertz CT molecular complexity index is 1500. The first-order valence-corrected chi connectivity index (χ1v) is 12.6. The van der Waals surface area contributed by atoms with Crippen molar-refractivity contribution in [2.45, 2.75) is 20.4 Å². The van der Waals surface area contributed by atoms with Crippen molar-refractivity contribution in [3.8, 4) is 5.69 Å². The minimum Gasteiger partial charge on any atom is -0.318 e. The van der Waals surface area contributed by atoms with Gasteiger partial charge in [0, 0.05) is 17.1 Å². The topological polar surface area (TPSA) is 37.6 Å². The molecule has 1 amide bonds. The molecule has 180 valence electrons. The lowest BCUT2D eigenvalue weighted by molar-refractivity contribution is -0.122. The van der Waals surface area contributed by atoms with E-state index in [-0.39, 0.29) is 10.9 Å². The maximum absolute atomic E-state index is 13.7. The first-order valence-electron chi connectivity index (χ1n) is 11.4. The summed E-state index contributed by atoms with van der Waals surface area (Å²) in [7, 11) is 0. The van der Waals surface area contributed by atoms with Gasteiger partial charge in [0.25, 0.3) is 5.91 Å². The summed E-state index contributed by atoms with van der Waals surface area (Å²) < 4.78 is 15.7. The van der Waals surface area contributed by atoms with E-state index in [0.717, 1.165) is 33.9 Å². The van der Waals surface area contributed by atoms with Gasteiger partial charge in [0.05, 0.1) is 22.2 Å². The molecular weight excluding hydrogens is 493 g/mol. The molecule has 0 saturated carbocycles. The number of hydrogen-bond acceptors (Lipinski definition) is 3. The van der Waals surface area contributed by atoms with Gasteiger partial charge in [0.1, 0.15) is 5.82 Å². The van der Waals surface area contributed by atoms with Crippen LogP contribution in [0.1, 0.15) is 22.5 Å². The predicted molar refractivity (Wildman–Crippen MR) is 146 cm³/mol. The highest BCUT2D eigenvalue weighted by Crippen LogP contribution is 2.36. The molecular formula is C29H23ClFN3OS. The number of thioether (sulfide) groups is 1. The Kier molecular flexibility index (Phi) is 6.81. The summed E-state index contributed by atoms with van der Waals surface area (Å²) in [5.74, 6) is -0.546. The first kappa shape index (κ1) is 24.1. The van der Waals surface area contributed by atoms with E-state index in [1.165, 1.54) is 17.8 Å². The molecule has 1 aromatic heterocycles. The maximum atomic E-state index is 13.7. The fourth-order valence-corrected chi connectivity index (χ4v) is 5.37. The molecule has 0 N–H and O–H groups in total. The van der Waals surface area contributed by atoms with Crippen molar-refractivity contribution in [1.29, 1.82) is 0 Å². The molecule has 0 atom stereocenters. The zero-order valence-corrected chi connectivity index (χ0v) is 21.4. The van der Waals surface area contributed by atoms with Crippen molar-refractivity contribution in [1.82, 2.24) is 9.47 Å². The number of hydrogen-bond donors (Lipinski definition) is 0. The second-order valence-electron chi connectivity index (χ2n) is 8.48. The van der Waals surface area contributed by atoms with Gasteiger partial charge in [-0.1, -0.05) is 60.1 Å². The van der Waals surface area contributed by atoms with Crippen LogP contribution in [-0.2, 0) is 11.3 Å². The molecule has 5 rings (SSSR count). The van der Waals surface area contributed by atoms with E-state index < -0.39 is 5.82 Å². The highest BCUT2D eigenvalue weighted by atomic mass is 35.5. The minimum atomic E-state index is -0.457. The lowest BCUT2D eigenvalue weighted by Gasteiger charge is -2.15. The van der Waals surface area contributed by atoms with Crippen LogP contribution >= 0.6 is 23.4 Å². The van der Waals surface area contributed by atoms with E-state index in [1.54, 1.807) is 17.0 Å². The molecule has 0 bridgehead atoms.